The van der Waals surface area contributed by atoms with E-state index < -0.39 is 99.3 Å². The Morgan fingerprint density at radius 2 is 1.45 bits per heavy atom. The molecule has 3 rings (SSSR count). The summed E-state index contributed by atoms with van der Waals surface area (Å²) in [5, 5.41) is 73.1. The van der Waals surface area contributed by atoms with Crippen LogP contribution in [-0.2, 0) is 23.8 Å². The monoisotopic (exact) mass is 547 g/mol. The molecule has 15 nitrogen and oxygen atoms in total. The minimum absolute atomic E-state index is 0.269. The maximum absolute atomic E-state index is 12.1. The molecule has 2 saturated heterocycles. The zero-order chi connectivity index (χ0) is 28.0. The summed E-state index contributed by atoms with van der Waals surface area (Å²) >= 11 is 0. The lowest BCUT2D eigenvalue weighted by molar-refractivity contribution is -0.343. The van der Waals surface area contributed by atoms with Gasteiger partial charge in [-0.25, -0.2) is 0 Å². The summed E-state index contributed by atoms with van der Waals surface area (Å²) in [4.78, 5) is 22.8. The summed E-state index contributed by atoms with van der Waals surface area (Å²) in [5.74, 6) is -1.20. The van der Waals surface area contributed by atoms with E-state index in [1.807, 2.05) is 0 Å². The molecule has 1 aromatic rings. The van der Waals surface area contributed by atoms with Crippen LogP contribution in [0.4, 0.5) is 0 Å². The Balaban J connectivity index is 1.71. The Hall–Kier alpha value is -2.60. The number of methoxy groups -OCH3 is 1. The van der Waals surface area contributed by atoms with Crippen molar-refractivity contribution in [2.75, 3.05) is 20.3 Å². The average molecular weight is 548 g/mol. The second-order valence-corrected chi connectivity index (χ2v) is 8.79. The summed E-state index contributed by atoms with van der Waals surface area (Å²) in [5.41, 5.74) is 0. The number of carboxylic acids is 1. The molecule has 38 heavy (non-hydrogen) atoms. The molecule has 0 saturated carbocycles. The van der Waals surface area contributed by atoms with Gasteiger partial charge in [-0.15, -0.1) is 0 Å². The third kappa shape index (κ3) is 7.07. The maximum atomic E-state index is 12.1. The molecule has 2 aliphatic heterocycles. The van der Waals surface area contributed by atoms with E-state index in [0.717, 1.165) is 0 Å². The fraction of sp³-hybridized carbons (Fsp3) is 0.652. The number of aliphatic hydroxyl groups is 6. The molecule has 1 amide bonds. The lowest BCUT2D eigenvalue weighted by Gasteiger charge is -2.46. The predicted molar refractivity (Wildman–Crippen MR) is 123 cm³/mol. The maximum Gasteiger partial charge on any atom is 0.303 e. The van der Waals surface area contributed by atoms with E-state index >= 15 is 0 Å². The number of aliphatic hydroxyl groups excluding tert-OH is 6. The molecule has 2 aliphatic rings. The van der Waals surface area contributed by atoms with Crippen molar-refractivity contribution in [1.82, 2.24) is 5.32 Å². The van der Waals surface area contributed by atoms with E-state index in [-0.39, 0.29) is 5.75 Å². The number of carboxylic acid groups (broad SMARTS) is 1. The number of nitrogens with one attached hydrogen (secondary N) is 1. The third-order valence-corrected chi connectivity index (χ3v) is 6.20. The van der Waals surface area contributed by atoms with Crippen molar-refractivity contribution in [3.8, 4) is 11.5 Å². The molecule has 2 fully saturated rings. The predicted octanol–water partition coefficient (Wildman–Crippen LogP) is -3.31. The second-order valence-electron chi connectivity index (χ2n) is 8.79. The van der Waals surface area contributed by atoms with Crippen LogP contribution in [0.2, 0.25) is 0 Å². The van der Waals surface area contributed by atoms with Crippen LogP contribution in [-0.4, -0.2) is 129 Å². The van der Waals surface area contributed by atoms with Gasteiger partial charge in [0, 0.05) is 6.42 Å². The number of carbonyl (C=O) groups excluding carboxylic acids is 1. The van der Waals surface area contributed by atoms with Gasteiger partial charge in [-0.3, -0.25) is 9.59 Å². The Morgan fingerprint density at radius 3 is 2.03 bits per heavy atom. The molecule has 0 unspecified atom stereocenters. The van der Waals surface area contributed by atoms with Crippen LogP contribution in [0, 0.1) is 0 Å². The van der Waals surface area contributed by atoms with E-state index in [1.165, 1.54) is 19.2 Å². The number of aliphatic carboxylic acids is 1. The summed E-state index contributed by atoms with van der Waals surface area (Å²) in [6.07, 6.45) is -14.9. The highest BCUT2D eigenvalue weighted by Gasteiger charge is 2.51. The van der Waals surface area contributed by atoms with Crippen molar-refractivity contribution in [1.29, 1.82) is 0 Å². The fourth-order valence-electron chi connectivity index (χ4n) is 4.11. The number of carbonyl (C=O) groups is 2. The standard InChI is InChI=1S/C23H33NO14/c1-34-10-2-4-11(5-3-10)35-23-20(33)19(32)21(13(9-26)37-23)38-22-18(31)16(17(30)12(8-25)36-22)24-14(27)6-7-15(28)29/h2-5,12-13,16-23,25-26,30-33H,6-9H2,1H3,(H,24,27)(H,28,29)/t12-,13-,16+,17+,18-,19-,20-,21+,22-,23-/m1/s1. The summed E-state index contributed by atoms with van der Waals surface area (Å²) < 4.78 is 27.3. The van der Waals surface area contributed by atoms with Crippen molar-refractivity contribution in [2.45, 2.75) is 74.2 Å². The van der Waals surface area contributed by atoms with Gasteiger partial charge in [0.15, 0.2) is 6.29 Å². The SMILES string of the molecule is COc1ccc(O[C@@H]2O[C@H](CO)[C@H](O[C@H]3O[C@H](CO)[C@H](O)[C@H](NC(=O)CCC(=O)O)[C@H]3O)[C@H](O)[C@H]2O)cc1. The van der Waals surface area contributed by atoms with Crippen molar-refractivity contribution < 1.29 is 69.0 Å². The minimum Gasteiger partial charge on any atom is -0.497 e. The fourth-order valence-corrected chi connectivity index (χ4v) is 4.11. The largest absolute Gasteiger partial charge is 0.497 e. The Bertz CT molecular complexity index is 914. The second kappa shape index (κ2) is 13.5. The van der Waals surface area contributed by atoms with Crippen LogP contribution >= 0.6 is 0 Å². The molecule has 0 spiro atoms. The van der Waals surface area contributed by atoms with Gasteiger partial charge in [-0.05, 0) is 24.3 Å². The van der Waals surface area contributed by atoms with E-state index in [1.54, 1.807) is 12.1 Å². The third-order valence-electron chi connectivity index (χ3n) is 6.20. The lowest BCUT2D eigenvalue weighted by Crippen LogP contribution is -2.67. The van der Waals surface area contributed by atoms with E-state index in [4.69, 9.17) is 28.8 Å². The van der Waals surface area contributed by atoms with Gasteiger partial charge >= 0.3 is 5.97 Å². The Kier molecular flexibility index (Phi) is 10.6. The van der Waals surface area contributed by atoms with Crippen LogP contribution < -0.4 is 14.8 Å². The van der Waals surface area contributed by atoms with Crippen molar-refractivity contribution in [3.05, 3.63) is 24.3 Å². The molecular formula is C23H33NO14. The minimum atomic E-state index is -1.77. The number of ether oxygens (including phenoxy) is 5. The van der Waals surface area contributed by atoms with Crippen LogP contribution in [0.3, 0.4) is 0 Å². The van der Waals surface area contributed by atoms with Gasteiger partial charge in [0.1, 0.15) is 54.2 Å². The molecular weight excluding hydrogens is 514 g/mol. The normalized spacial score (nSPS) is 35.3. The highest BCUT2D eigenvalue weighted by molar-refractivity contribution is 5.80. The number of rotatable bonds is 11. The smallest absolute Gasteiger partial charge is 0.303 e. The highest BCUT2D eigenvalue weighted by Crippen LogP contribution is 2.30. The first kappa shape index (κ1) is 29.9. The topological polar surface area (TPSA) is 234 Å². The van der Waals surface area contributed by atoms with E-state index in [0.29, 0.717) is 5.75 Å². The molecule has 0 aliphatic carbocycles. The quantitative estimate of drug-likeness (QED) is 0.135. The number of hydrogen-bond acceptors (Lipinski definition) is 13. The highest BCUT2D eigenvalue weighted by atomic mass is 16.7. The first-order valence-electron chi connectivity index (χ1n) is 11.8. The zero-order valence-electron chi connectivity index (χ0n) is 20.4. The van der Waals surface area contributed by atoms with Crippen molar-refractivity contribution in [2.24, 2.45) is 0 Å². The van der Waals surface area contributed by atoms with Crippen molar-refractivity contribution >= 4 is 11.9 Å². The molecule has 10 atom stereocenters. The first-order valence-corrected chi connectivity index (χ1v) is 11.8. The number of hydrogen-bond donors (Lipinski definition) is 8. The molecule has 15 heteroatoms. The van der Waals surface area contributed by atoms with Gasteiger partial charge in [0.2, 0.25) is 12.2 Å². The van der Waals surface area contributed by atoms with Gasteiger partial charge in [0.25, 0.3) is 0 Å². The van der Waals surface area contributed by atoms with Crippen LogP contribution in [0.1, 0.15) is 12.8 Å². The molecule has 2 heterocycles. The van der Waals surface area contributed by atoms with Crippen LogP contribution in [0.25, 0.3) is 0 Å². The van der Waals surface area contributed by atoms with E-state index in [9.17, 15) is 40.2 Å². The summed E-state index contributed by atoms with van der Waals surface area (Å²) in [6.45, 7) is -1.45. The Labute approximate surface area is 217 Å². The molecule has 0 aromatic heterocycles. The van der Waals surface area contributed by atoms with Crippen molar-refractivity contribution in [3.63, 3.8) is 0 Å². The number of amides is 1. The molecule has 0 bridgehead atoms. The Morgan fingerprint density at radius 1 is 0.842 bits per heavy atom. The molecule has 1 aromatic carbocycles. The first-order chi connectivity index (χ1) is 18.1. The van der Waals surface area contributed by atoms with Gasteiger partial charge in [-0.2, -0.15) is 0 Å². The van der Waals surface area contributed by atoms with Gasteiger partial charge in [-0.1, -0.05) is 0 Å². The molecule has 0 radical (unpaired) electrons. The summed E-state index contributed by atoms with van der Waals surface area (Å²) in [7, 11) is 1.48. The molecule has 214 valence electrons. The lowest BCUT2D eigenvalue weighted by atomic mass is 9.95. The van der Waals surface area contributed by atoms with Crippen LogP contribution in [0.15, 0.2) is 24.3 Å². The average Bonchev–Trinajstić information content (AvgIpc) is 2.91. The zero-order valence-corrected chi connectivity index (χ0v) is 20.4. The van der Waals surface area contributed by atoms with E-state index in [2.05, 4.69) is 5.32 Å². The summed E-state index contributed by atoms with van der Waals surface area (Å²) in [6, 6.07) is 4.82. The number of benzene rings is 1. The van der Waals surface area contributed by atoms with Crippen LogP contribution in [0.5, 0.6) is 11.5 Å². The van der Waals surface area contributed by atoms with Gasteiger partial charge in [0.05, 0.1) is 32.8 Å². The molecule has 8 N–H and O–H groups in total. The van der Waals surface area contributed by atoms with Gasteiger partial charge < -0.3 is 64.7 Å².